The van der Waals surface area contributed by atoms with Gasteiger partial charge in [-0.25, -0.2) is 0 Å². The number of halogens is 1. The van der Waals surface area contributed by atoms with E-state index >= 15 is 0 Å². The van der Waals surface area contributed by atoms with Gasteiger partial charge in [0.1, 0.15) is 5.69 Å². The highest BCUT2D eigenvalue weighted by atomic mass is 35.5. The van der Waals surface area contributed by atoms with E-state index in [0.29, 0.717) is 11.6 Å². The third kappa shape index (κ3) is 3.20. The molecular weight excluding hydrogens is 240 g/mol. The highest BCUT2D eigenvalue weighted by Gasteiger charge is 2.20. The van der Waals surface area contributed by atoms with Crippen LogP contribution < -0.4 is 0 Å². The van der Waals surface area contributed by atoms with E-state index in [1.807, 2.05) is 4.90 Å². The molecule has 17 heavy (non-hydrogen) atoms. The molecule has 1 aromatic rings. The number of alkyl halides is 1. The Morgan fingerprint density at radius 3 is 3.00 bits per heavy atom. The molecule has 1 amide bonds. The third-order valence-corrected chi connectivity index (χ3v) is 3.18. The van der Waals surface area contributed by atoms with Crippen molar-refractivity contribution in [1.29, 1.82) is 0 Å². The van der Waals surface area contributed by atoms with E-state index in [0.717, 1.165) is 39.1 Å². The second-order valence-corrected chi connectivity index (χ2v) is 4.52. The fourth-order valence-corrected chi connectivity index (χ4v) is 2.30. The Morgan fingerprint density at radius 1 is 1.41 bits per heavy atom. The number of carbonyl (C=O) groups is 1. The average Bonchev–Trinajstić information content (AvgIpc) is 2.76. The van der Waals surface area contributed by atoms with Gasteiger partial charge in [-0.05, 0) is 19.0 Å². The highest BCUT2D eigenvalue weighted by molar-refractivity contribution is 6.18. The van der Waals surface area contributed by atoms with E-state index < -0.39 is 0 Å². The topological polar surface area (TPSA) is 52.2 Å². The van der Waals surface area contributed by atoms with Gasteiger partial charge >= 0.3 is 0 Å². The summed E-state index contributed by atoms with van der Waals surface area (Å²) in [6, 6.07) is 1.71. The third-order valence-electron chi connectivity index (χ3n) is 3.01. The summed E-state index contributed by atoms with van der Waals surface area (Å²) in [5, 5.41) is 6.52. The van der Waals surface area contributed by atoms with E-state index in [1.165, 1.54) is 0 Å². The van der Waals surface area contributed by atoms with Crippen LogP contribution in [0.15, 0.2) is 12.3 Å². The van der Waals surface area contributed by atoms with Crippen molar-refractivity contribution in [1.82, 2.24) is 20.0 Å². The van der Waals surface area contributed by atoms with Gasteiger partial charge in [0.25, 0.3) is 5.91 Å². The molecule has 0 spiro atoms. The first kappa shape index (κ1) is 12.4. The molecule has 5 nitrogen and oxygen atoms in total. The van der Waals surface area contributed by atoms with Gasteiger partial charge in [0.15, 0.2) is 0 Å². The molecular formula is C11H17ClN4O. The van der Waals surface area contributed by atoms with Gasteiger partial charge < -0.3 is 9.80 Å². The van der Waals surface area contributed by atoms with Crippen molar-refractivity contribution in [2.75, 3.05) is 38.6 Å². The first-order chi connectivity index (χ1) is 8.31. The number of carbonyl (C=O) groups excluding carboxylic acids is 1. The maximum Gasteiger partial charge on any atom is 0.271 e. The minimum absolute atomic E-state index is 0.0372. The van der Waals surface area contributed by atoms with Crippen LogP contribution in [0, 0.1) is 0 Å². The molecule has 1 aliphatic rings. The maximum atomic E-state index is 12.1. The molecule has 1 fully saturated rings. The number of nitrogens with zero attached hydrogens (tertiary/aromatic N) is 3. The number of hydrogen-bond acceptors (Lipinski definition) is 3. The Bertz CT molecular complexity index is 354. The minimum atomic E-state index is 0.0372. The van der Waals surface area contributed by atoms with E-state index in [1.54, 1.807) is 12.3 Å². The summed E-state index contributed by atoms with van der Waals surface area (Å²) >= 11 is 5.73. The standard InChI is InChI=1S/C11H17ClN4O/c12-3-7-15-5-1-6-16(9-8-15)11(17)10-2-4-13-14-10/h2,4H,1,3,5-9H2,(H,13,14). The number of amides is 1. The molecule has 6 heteroatoms. The Kier molecular flexibility index (Phi) is 4.39. The molecule has 0 aromatic carbocycles. The molecule has 0 saturated carbocycles. The lowest BCUT2D eigenvalue weighted by atomic mass is 10.3. The summed E-state index contributed by atoms with van der Waals surface area (Å²) in [6.45, 7) is 4.37. The van der Waals surface area contributed by atoms with Gasteiger partial charge in [-0.15, -0.1) is 11.6 Å². The number of hydrogen-bond donors (Lipinski definition) is 1. The van der Waals surface area contributed by atoms with Crippen molar-refractivity contribution < 1.29 is 4.79 Å². The molecule has 0 bridgehead atoms. The second-order valence-electron chi connectivity index (χ2n) is 4.15. The van der Waals surface area contributed by atoms with Crippen LogP contribution in [0.5, 0.6) is 0 Å². The van der Waals surface area contributed by atoms with Crippen molar-refractivity contribution in [2.45, 2.75) is 6.42 Å². The van der Waals surface area contributed by atoms with Crippen LogP contribution in [0.4, 0.5) is 0 Å². The quantitative estimate of drug-likeness (QED) is 0.814. The average molecular weight is 257 g/mol. The number of rotatable bonds is 3. The smallest absolute Gasteiger partial charge is 0.271 e. The first-order valence-electron chi connectivity index (χ1n) is 5.88. The van der Waals surface area contributed by atoms with Crippen molar-refractivity contribution >= 4 is 17.5 Å². The van der Waals surface area contributed by atoms with E-state index in [4.69, 9.17) is 11.6 Å². The fourth-order valence-electron chi connectivity index (χ4n) is 2.06. The lowest BCUT2D eigenvalue weighted by Crippen LogP contribution is -2.35. The summed E-state index contributed by atoms with van der Waals surface area (Å²) < 4.78 is 0. The predicted octanol–water partition coefficient (Wildman–Crippen LogP) is 0.796. The maximum absolute atomic E-state index is 12.1. The highest BCUT2D eigenvalue weighted by Crippen LogP contribution is 2.07. The molecule has 94 valence electrons. The molecule has 0 radical (unpaired) electrons. The summed E-state index contributed by atoms with van der Waals surface area (Å²) in [5.41, 5.74) is 0.566. The monoisotopic (exact) mass is 256 g/mol. The summed E-state index contributed by atoms with van der Waals surface area (Å²) in [7, 11) is 0. The normalized spacial score (nSPS) is 18.1. The van der Waals surface area contributed by atoms with Crippen LogP contribution in [-0.2, 0) is 0 Å². The summed E-state index contributed by atoms with van der Waals surface area (Å²) in [5.74, 6) is 0.685. The van der Waals surface area contributed by atoms with Gasteiger partial charge in [0, 0.05) is 38.3 Å². The summed E-state index contributed by atoms with van der Waals surface area (Å²) in [6.07, 6.45) is 2.60. The molecule has 0 aliphatic carbocycles. The van der Waals surface area contributed by atoms with Crippen LogP contribution in [0.1, 0.15) is 16.9 Å². The van der Waals surface area contributed by atoms with Crippen molar-refractivity contribution in [3.8, 4) is 0 Å². The molecule has 1 aliphatic heterocycles. The largest absolute Gasteiger partial charge is 0.336 e. The molecule has 2 rings (SSSR count). The number of H-pyrrole nitrogens is 1. The molecule has 0 unspecified atom stereocenters. The Hall–Kier alpha value is -1.07. The van der Waals surface area contributed by atoms with Crippen molar-refractivity contribution in [3.63, 3.8) is 0 Å². The molecule has 1 saturated heterocycles. The van der Waals surface area contributed by atoms with Crippen LogP contribution >= 0.6 is 11.6 Å². The van der Waals surface area contributed by atoms with Crippen LogP contribution in [0.25, 0.3) is 0 Å². The minimum Gasteiger partial charge on any atom is -0.336 e. The number of nitrogens with one attached hydrogen (secondary N) is 1. The Balaban J connectivity index is 1.92. The van der Waals surface area contributed by atoms with Gasteiger partial charge in [-0.1, -0.05) is 0 Å². The SMILES string of the molecule is O=C(c1ccn[nH]1)N1CCCN(CCCl)CC1. The van der Waals surface area contributed by atoms with Gasteiger partial charge in [0.2, 0.25) is 0 Å². The Morgan fingerprint density at radius 2 is 2.29 bits per heavy atom. The van der Waals surface area contributed by atoms with E-state index in [9.17, 15) is 4.79 Å². The zero-order valence-electron chi connectivity index (χ0n) is 9.73. The molecule has 0 atom stereocenters. The summed E-state index contributed by atoms with van der Waals surface area (Å²) in [4.78, 5) is 16.3. The van der Waals surface area contributed by atoms with Crippen LogP contribution in [-0.4, -0.2) is 64.5 Å². The molecule has 1 aromatic heterocycles. The van der Waals surface area contributed by atoms with Gasteiger partial charge in [-0.3, -0.25) is 9.89 Å². The number of aromatic amines is 1. The van der Waals surface area contributed by atoms with Crippen molar-refractivity contribution in [3.05, 3.63) is 18.0 Å². The Labute approximate surface area is 106 Å². The molecule has 1 N–H and O–H groups in total. The fraction of sp³-hybridized carbons (Fsp3) is 0.636. The lowest BCUT2D eigenvalue weighted by Gasteiger charge is -2.20. The zero-order chi connectivity index (χ0) is 12.1. The molecule has 2 heterocycles. The van der Waals surface area contributed by atoms with Gasteiger partial charge in [0.05, 0.1) is 0 Å². The van der Waals surface area contributed by atoms with E-state index in [2.05, 4.69) is 15.1 Å². The van der Waals surface area contributed by atoms with E-state index in [-0.39, 0.29) is 5.91 Å². The first-order valence-corrected chi connectivity index (χ1v) is 6.41. The van der Waals surface area contributed by atoms with Crippen LogP contribution in [0.2, 0.25) is 0 Å². The van der Waals surface area contributed by atoms with Crippen LogP contribution in [0.3, 0.4) is 0 Å². The lowest BCUT2D eigenvalue weighted by molar-refractivity contribution is 0.0756. The second kappa shape index (κ2) is 6.02. The predicted molar refractivity (Wildman–Crippen MR) is 66.3 cm³/mol. The number of aromatic nitrogens is 2. The van der Waals surface area contributed by atoms with Crippen molar-refractivity contribution in [2.24, 2.45) is 0 Å². The zero-order valence-corrected chi connectivity index (χ0v) is 10.5. The van der Waals surface area contributed by atoms with Gasteiger partial charge in [-0.2, -0.15) is 5.10 Å².